The third kappa shape index (κ3) is 5.67. The van der Waals surface area contributed by atoms with Gasteiger partial charge in [-0.25, -0.2) is 4.98 Å². The van der Waals surface area contributed by atoms with Crippen LogP contribution in [-0.2, 0) is 10.2 Å². The molecule has 1 aromatic heterocycles. The van der Waals surface area contributed by atoms with Crippen LogP contribution in [0.4, 0.5) is 5.13 Å². The van der Waals surface area contributed by atoms with Gasteiger partial charge in [0, 0.05) is 17.0 Å². The van der Waals surface area contributed by atoms with Crippen molar-refractivity contribution in [3.8, 4) is 11.3 Å². The van der Waals surface area contributed by atoms with Crippen LogP contribution in [0.5, 0.6) is 0 Å². The van der Waals surface area contributed by atoms with Crippen molar-refractivity contribution >= 4 is 28.5 Å². The van der Waals surface area contributed by atoms with Crippen LogP contribution in [0.2, 0.25) is 0 Å². The van der Waals surface area contributed by atoms with Gasteiger partial charge >= 0.3 is 0 Å². The second-order valence-corrected chi connectivity index (χ2v) is 9.52. The predicted molar refractivity (Wildman–Crippen MR) is 129 cm³/mol. The van der Waals surface area contributed by atoms with Gasteiger partial charge in [-0.3, -0.25) is 10.1 Å². The van der Waals surface area contributed by atoms with Crippen molar-refractivity contribution in [2.45, 2.75) is 52.4 Å². The molecule has 156 valence electrons. The standard InChI is InChI=1S/C26H30N2OS/c1-6-18(2)20-10-12-21(13-11-20)23-17-30-25(27-23)28-24(29)16-9-19-7-14-22(15-8-19)26(3,4)5/h7-18H,6H2,1-5H3,(H,27,28,29)/b16-9+. The van der Waals surface area contributed by atoms with Crippen LogP contribution >= 0.6 is 11.3 Å². The number of hydrogen-bond acceptors (Lipinski definition) is 3. The van der Waals surface area contributed by atoms with Gasteiger partial charge in [-0.1, -0.05) is 83.1 Å². The monoisotopic (exact) mass is 418 g/mol. The lowest BCUT2D eigenvalue weighted by molar-refractivity contribution is -0.111. The number of carbonyl (C=O) groups is 1. The highest BCUT2D eigenvalue weighted by molar-refractivity contribution is 7.14. The maximum absolute atomic E-state index is 12.3. The van der Waals surface area contributed by atoms with Crippen LogP contribution in [0.15, 0.2) is 60.0 Å². The summed E-state index contributed by atoms with van der Waals surface area (Å²) in [5, 5.41) is 5.44. The molecule has 2 aromatic carbocycles. The molecule has 4 heteroatoms. The molecule has 0 saturated carbocycles. The molecule has 0 spiro atoms. The lowest BCUT2D eigenvalue weighted by Gasteiger charge is -2.18. The number of hydrogen-bond donors (Lipinski definition) is 1. The number of carbonyl (C=O) groups excluding carboxylic acids is 1. The van der Waals surface area contributed by atoms with Crippen LogP contribution in [0.1, 0.15) is 63.6 Å². The first kappa shape index (κ1) is 22.0. The van der Waals surface area contributed by atoms with Crippen molar-refractivity contribution in [1.29, 1.82) is 0 Å². The molecule has 0 aliphatic carbocycles. The van der Waals surface area contributed by atoms with Gasteiger partial charge in [0.05, 0.1) is 5.69 Å². The van der Waals surface area contributed by atoms with Gasteiger partial charge in [-0.05, 0) is 40.5 Å². The van der Waals surface area contributed by atoms with Crippen molar-refractivity contribution in [3.05, 3.63) is 76.7 Å². The minimum absolute atomic E-state index is 0.122. The number of aromatic nitrogens is 1. The highest BCUT2D eigenvalue weighted by Gasteiger charge is 2.12. The zero-order valence-electron chi connectivity index (χ0n) is 18.4. The fourth-order valence-electron chi connectivity index (χ4n) is 3.10. The molecule has 0 fully saturated rings. The minimum Gasteiger partial charge on any atom is -0.298 e. The molecule has 30 heavy (non-hydrogen) atoms. The summed E-state index contributed by atoms with van der Waals surface area (Å²) in [5.41, 5.74) is 5.68. The fraction of sp³-hybridized carbons (Fsp3) is 0.308. The molecular formula is C26H30N2OS. The van der Waals surface area contributed by atoms with Crippen molar-refractivity contribution in [2.24, 2.45) is 0 Å². The number of anilines is 1. The van der Waals surface area contributed by atoms with E-state index in [0.717, 1.165) is 23.2 Å². The zero-order valence-corrected chi connectivity index (χ0v) is 19.2. The highest BCUT2D eigenvalue weighted by atomic mass is 32.1. The molecule has 0 saturated heterocycles. The average Bonchev–Trinajstić information content (AvgIpc) is 3.20. The third-order valence-corrected chi connectivity index (χ3v) is 6.08. The quantitative estimate of drug-likeness (QED) is 0.428. The van der Waals surface area contributed by atoms with Crippen molar-refractivity contribution in [1.82, 2.24) is 4.98 Å². The van der Waals surface area contributed by atoms with Gasteiger partial charge < -0.3 is 0 Å². The van der Waals surface area contributed by atoms with Crippen molar-refractivity contribution < 1.29 is 4.79 Å². The summed E-state index contributed by atoms with van der Waals surface area (Å²) in [6, 6.07) is 16.8. The van der Waals surface area contributed by atoms with Gasteiger partial charge in [-0.2, -0.15) is 0 Å². The summed E-state index contributed by atoms with van der Waals surface area (Å²) < 4.78 is 0. The first-order valence-electron chi connectivity index (χ1n) is 10.4. The number of nitrogens with zero attached hydrogens (tertiary/aromatic N) is 1. The molecule has 0 aliphatic rings. The van der Waals surface area contributed by atoms with Crippen molar-refractivity contribution in [2.75, 3.05) is 5.32 Å². The highest BCUT2D eigenvalue weighted by Crippen LogP contribution is 2.27. The zero-order chi connectivity index (χ0) is 21.7. The summed E-state index contributed by atoms with van der Waals surface area (Å²) in [4.78, 5) is 16.8. The van der Waals surface area contributed by atoms with Crippen LogP contribution in [-0.4, -0.2) is 10.9 Å². The Labute approximate surface area is 183 Å². The van der Waals surface area contributed by atoms with Gasteiger partial charge in [0.2, 0.25) is 5.91 Å². The molecule has 0 radical (unpaired) electrons. The van der Waals surface area contributed by atoms with E-state index in [2.05, 4.69) is 81.3 Å². The second-order valence-electron chi connectivity index (χ2n) is 8.66. The molecule has 3 aromatic rings. The first-order chi connectivity index (χ1) is 14.3. The van der Waals surface area contributed by atoms with E-state index in [-0.39, 0.29) is 11.3 Å². The van der Waals surface area contributed by atoms with Gasteiger partial charge in [-0.15, -0.1) is 11.3 Å². The molecule has 0 aliphatic heterocycles. The number of amides is 1. The molecular weight excluding hydrogens is 388 g/mol. The van der Waals surface area contributed by atoms with E-state index >= 15 is 0 Å². The second kappa shape index (κ2) is 9.40. The molecule has 1 N–H and O–H groups in total. The Bertz CT molecular complexity index is 1010. The summed E-state index contributed by atoms with van der Waals surface area (Å²) in [7, 11) is 0. The van der Waals surface area contributed by atoms with E-state index in [1.807, 2.05) is 23.6 Å². The number of rotatable bonds is 6. The number of benzene rings is 2. The first-order valence-corrected chi connectivity index (χ1v) is 11.3. The summed E-state index contributed by atoms with van der Waals surface area (Å²) in [6.45, 7) is 11.0. The van der Waals surface area contributed by atoms with Crippen molar-refractivity contribution in [3.63, 3.8) is 0 Å². The summed E-state index contributed by atoms with van der Waals surface area (Å²) in [5.74, 6) is 0.378. The number of thiazole rings is 1. The Morgan fingerprint density at radius 3 is 2.37 bits per heavy atom. The Hall–Kier alpha value is -2.72. The Morgan fingerprint density at radius 2 is 1.77 bits per heavy atom. The maximum atomic E-state index is 12.3. The number of nitrogens with one attached hydrogen (secondary N) is 1. The van der Waals surface area contributed by atoms with E-state index in [4.69, 9.17) is 0 Å². The predicted octanol–water partition coefficient (Wildman–Crippen LogP) is 7.27. The maximum Gasteiger partial charge on any atom is 0.250 e. The Balaban J connectivity index is 1.61. The van der Waals surface area contributed by atoms with Crippen LogP contribution < -0.4 is 5.32 Å². The van der Waals surface area contributed by atoms with E-state index in [9.17, 15) is 4.79 Å². The summed E-state index contributed by atoms with van der Waals surface area (Å²) in [6.07, 6.45) is 4.50. The molecule has 1 heterocycles. The van der Waals surface area contributed by atoms with E-state index in [1.54, 1.807) is 6.08 Å². The molecule has 3 nitrogen and oxygen atoms in total. The Morgan fingerprint density at radius 1 is 1.10 bits per heavy atom. The van der Waals surface area contributed by atoms with E-state index in [0.29, 0.717) is 11.0 Å². The van der Waals surface area contributed by atoms with E-state index < -0.39 is 0 Å². The van der Waals surface area contributed by atoms with Gasteiger partial charge in [0.15, 0.2) is 5.13 Å². The topological polar surface area (TPSA) is 42.0 Å². The molecule has 1 atom stereocenters. The minimum atomic E-state index is -0.178. The van der Waals surface area contributed by atoms with Crippen LogP contribution in [0, 0.1) is 0 Å². The summed E-state index contributed by atoms with van der Waals surface area (Å²) >= 11 is 1.44. The lowest BCUT2D eigenvalue weighted by Crippen LogP contribution is -2.10. The van der Waals surface area contributed by atoms with Gasteiger partial charge in [0.25, 0.3) is 0 Å². The lowest BCUT2D eigenvalue weighted by atomic mass is 9.87. The largest absolute Gasteiger partial charge is 0.298 e. The normalized spacial score (nSPS) is 12.8. The van der Waals surface area contributed by atoms with Crippen LogP contribution in [0.25, 0.3) is 17.3 Å². The third-order valence-electron chi connectivity index (χ3n) is 5.33. The fourth-order valence-corrected chi connectivity index (χ4v) is 3.82. The van der Waals surface area contributed by atoms with E-state index in [1.165, 1.54) is 22.5 Å². The van der Waals surface area contributed by atoms with Gasteiger partial charge in [0.1, 0.15) is 0 Å². The SMILES string of the molecule is CCC(C)c1ccc(-c2csc(NC(=O)/C=C/c3ccc(C(C)(C)C)cc3)n2)cc1. The molecule has 1 unspecified atom stereocenters. The molecule has 0 bridgehead atoms. The average molecular weight is 419 g/mol. The van der Waals surface area contributed by atoms with Crippen LogP contribution in [0.3, 0.4) is 0 Å². The Kier molecular flexibility index (Phi) is 6.88. The molecule has 3 rings (SSSR count). The molecule has 1 amide bonds. The smallest absolute Gasteiger partial charge is 0.250 e.